The molecule has 0 unspecified atom stereocenters. The lowest BCUT2D eigenvalue weighted by Gasteiger charge is -2.09. The summed E-state index contributed by atoms with van der Waals surface area (Å²) in [6.07, 6.45) is 0. The van der Waals surface area contributed by atoms with Gasteiger partial charge in [0.15, 0.2) is 0 Å². The minimum Gasteiger partial charge on any atom is -0.497 e. The molecule has 0 saturated carbocycles. The molecule has 0 aliphatic rings. The van der Waals surface area contributed by atoms with Crippen LogP contribution in [0.3, 0.4) is 0 Å². The zero-order valence-electron chi connectivity index (χ0n) is 19.7. The number of hydrogen-bond donors (Lipinski definition) is 1. The third-order valence-corrected chi connectivity index (χ3v) is 7.12. The number of hydrogen-bond acceptors (Lipinski definition) is 9. The number of carbonyl (C=O) groups excluding carboxylic acids is 1. The van der Waals surface area contributed by atoms with Gasteiger partial charge in [-0.1, -0.05) is 23.9 Å². The normalized spacial score (nSPS) is 10.6. The fraction of sp³-hybridized carbons (Fsp3) is 0.200. The van der Waals surface area contributed by atoms with E-state index in [1.165, 1.54) is 11.8 Å². The van der Waals surface area contributed by atoms with E-state index in [0.29, 0.717) is 22.2 Å². The van der Waals surface area contributed by atoms with Crippen molar-refractivity contribution in [2.75, 3.05) is 32.4 Å². The van der Waals surface area contributed by atoms with Gasteiger partial charge in [-0.05, 0) is 31.2 Å². The van der Waals surface area contributed by atoms with Crippen LogP contribution in [-0.2, 0) is 4.79 Å². The van der Waals surface area contributed by atoms with Gasteiger partial charge in [-0.25, -0.2) is 4.98 Å². The van der Waals surface area contributed by atoms with Crippen LogP contribution in [0.1, 0.15) is 5.69 Å². The molecule has 0 spiro atoms. The van der Waals surface area contributed by atoms with Gasteiger partial charge in [0.25, 0.3) is 0 Å². The lowest BCUT2D eigenvalue weighted by Crippen LogP contribution is -2.14. The summed E-state index contributed by atoms with van der Waals surface area (Å²) in [5.41, 5.74) is 3.21. The Balaban J connectivity index is 1.40. The number of rotatable bonds is 9. The van der Waals surface area contributed by atoms with E-state index in [1.54, 1.807) is 50.9 Å². The van der Waals surface area contributed by atoms with Crippen molar-refractivity contribution >= 4 is 34.7 Å². The number of thioether (sulfide) groups is 1. The summed E-state index contributed by atoms with van der Waals surface area (Å²) in [4.78, 5) is 18.1. The summed E-state index contributed by atoms with van der Waals surface area (Å²) in [7, 11) is 4.77. The number of carbonyl (C=O) groups is 1. The van der Waals surface area contributed by atoms with Gasteiger partial charge < -0.3 is 19.5 Å². The molecule has 0 fully saturated rings. The monoisotopic (exact) mass is 508 g/mol. The maximum atomic E-state index is 12.4. The number of aromatic nitrogens is 3. The summed E-state index contributed by atoms with van der Waals surface area (Å²) < 4.78 is 15.8. The van der Waals surface area contributed by atoms with Crippen molar-refractivity contribution in [2.24, 2.45) is 0 Å². The highest BCUT2D eigenvalue weighted by Gasteiger charge is 2.14. The Morgan fingerprint density at radius 3 is 2.34 bits per heavy atom. The van der Waals surface area contributed by atoms with E-state index in [1.807, 2.05) is 43.3 Å². The van der Waals surface area contributed by atoms with Crippen LogP contribution in [0.15, 0.2) is 59.6 Å². The smallest absolute Gasteiger partial charge is 0.234 e. The molecule has 8 nitrogen and oxygen atoms in total. The van der Waals surface area contributed by atoms with E-state index in [-0.39, 0.29) is 11.7 Å². The molecular weight excluding hydrogens is 484 g/mol. The average molecular weight is 509 g/mol. The molecule has 0 saturated heterocycles. The molecule has 4 rings (SSSR count). The second-order valence-corrected chi connectivity index (χ2v) is 9.36. The van der Waals surface area contributed by atoms with E-state index in [0.717, 1.165) is 32.6 Å². The fourth-order valence-corrected chi connectivity index (χ4v) is 4.89. The van der Waals surface area contributed by atoms with E-state index < -0.39 is 0 Å². The molecule has 0 aliphatic heterocycles. The summed E-state index contributed by atoms with van der Waals surface area (Å²) in [5, 5.41) is 13.1. The Bertz CT molecular complexity index is 1300. The van der Waals surface area contributed by atoms with E-state index in [2.05, 4.69) is 15.5 Å². The molecule has 0 aliphatic carbocycles. The zero-order chi connectivity index (χ0) is 24.8. The van der Waals surface area contributed by atoms with Crippen molar-refractivity contribution in [3.05, 3.63) is 60.3 Å². The predicted octanol–water partition coefficient (Wildman–Crippen LogP) is 5.33. The molecule has 4 aromatic rings. The van der Waals surface area contributed by atoms with Gasteiger partial charge in [0.05, 0.1) is 37.7 Å². The summed E-state index contributed by atoms with van der Waals surface area (Å²) in [6, 6.07) is 16.8. The van der Waals surface area contributed by atoms with Crippen LogP contribution in [0.2, 0.25) is 0 Å². The van der Waals surface area contributed by atoms with Gasteiger partial charge in [0.2, 0.25) is 5.91 Å². The molecule has 1 N–H and O–H groups in total. The van der Waals surface area contributed by atoms with Gasteiger partial charge in [-0.2, -0.15) is 0 Å². The van der Waals surface area contributed by atoms with E-state index in [4.69, 9.17) is 19.2 Å². The van der Waals surface area contributed by atoms with Crippen LogP contribution in [0.25, 0.3) is 21.1 Å². The van der Waals surface area contributed by atoms with Gasteiger partial charge in [-0.15, -0.1) is 21.5 Å². The largest absolute Gasteiger partial charge is 0.497 e. The molecule has 2 aromatic heterocycles. The molecule has 180 valence electrons. The molecule has 2 aromatic carbocycles. The molecule has 1 amide bonds. The van der Waals surface area contributed by atoms with Gasteiger partial charge in [0, 0.05) is 29.4 Å². The number of aryl methyl sites for hydroxylation is 1. The number of anilines is 1. The van der Waals surface area contributed by atoms with Crippen LogP contribution >= 0.6 is 23.1 Å². The standard InChI is InChI=1S/C25H24N4O4S2/c1-15-24(35-25(26-15)16-6-5-7-18(10-16)31-2)21-8-9-23(29-28-21)34-14-22(30)27-17-11-19(32-3)13-20(12-17)33-4/h5-13H,14H2,1-4H3,(H,27,30). The molecule has 10 heteroatoms. The van der Waals surface area contributed by atoms with Crippen LogP contribution < -0.4 is 19.5 Å². The zero-order valence-corrected chi connectivity index (χ0v) is 21.3. The third kappa shape index (κ3) is 6.09. The lowest BCUT2D eigenvalue weighted by molar-refractivity contribution is -0.113. The minimum absolute atomic E-state index is 0.169. The van der Waals surface area contributed by atoms with Crippen LogP contribution in [0.4, 0.5) is 5.69 Å². The Hall–Kier alpha value is -3.63. The van der Waals surface area contributed by atoms with Crippen molar-refractivity contribution in [3.63, 3.8) is 0 Å². The first-order valence-electron chi connectivity index (χ1n) is 10.6. The van der Waals surface area contributed by atoms with Gasteiger partial charge >= 0.3 is 0 Å². The van der Waals surface area contributed by atoms with Crippen molar-refractivity contribution < 1.29 is 19.0 Å². The number of nitrogens with zero attached hydrogens (tertiary/aromatic N) is 3. The third-order valence-electron chi connectivity index (χ3n) is 4.97. The maximum Gasteiger partial charge on any atom is 0.234 e. The highest BCUT2D eigenvalue weighted by Crippen LogP contribution is 2.35. The molecule has 0 bridgehead atoms. The number of thiazole rings is 1. The fourth-order valence-electron chi connectivity index (χ4n) is 3.25. The van der Waals surface area contributed by atoms with Crippen LogP contribution in [-0.4, -0.2) is 48.2 Å². The first kappa shape index (κ1) is 24.5. The first-order chi connectivity index (χ1) is 17.0. The number of amides is 1. The van der Waals surface area contributed by atoms with E-state index in [9.17, 15) is 4.79 Å². The van der Waals surface area contributed by atoms with E-state index >= 15 is 0 Å². The Morgan fingerprint density at radius 2 is 1.69 bits per heavy atom. The van der Waals surface area contributed by atoms with Crippen LogP contribution in [0, 0.1) is 6.92 Å². The first-order valence-corrected chi connectivity index (χ1v) is 12.4. The highest BCUT2D eigenvalue weighted by molar-refractivity contribution is 7.99. The number of ether oxygens (including phenoxy) is 3. The minimum atomic E-state index is -0.169. The Labute approximate surface area is 211 Å². The average Bonchev–Trinajstić information content (AvgIpc) is 3.29. The number of nitrogens with one attached hydrogen (secondary N) is 1. The Morgan fingerprint density at radius 1 is 0.943 bits per heavy atom. The van der Waals surface area contributed by atoms with Crippen molar-refractivity contribution in [1.82, 2.24) is 15.2 Å². The summed E-state index contributed by atoms with van der Waals surface area (Å²) in [6.45, 7) is 1.96. The molecule has 35 heavy (non-hydrogen) atoms. The number of benzene rings is 2. The SMILES string of the molecule is COc1cc(NC(=O)CSc2ccc(-c3sc(-c4cccc(OC)c4)nc3C)nn2)cc(OC)c1. The summed E-state index contributed by atoms with van der Waals surface area (Å²) in [5.74, 6) is 2.00. The molecule has 2 heterocycles. The summed E-state index contributed by atoms with van der Waals surface area (Å²) >= 11 is 2.86. The van der Waals surface area contributed by atoms with Crippen molar-refractivity contribution in [2.45, 2.75) is 11.9 Å². The van der Waals surface area contributed by atoms with Gasteiger partial charge in [-0.3, -0.25) is 4.79 Å². The molecule has 0 radical (unpaired) electrons. The molecule has 0 atom stereocenters. The Kier molecular flexibility index (Phi) is 7.84. The highest BCUT2D eigenvalue weighted by atomic mass is 32.2. The number of methoxy groups -OCH3 is 3. The van der Waals surface area contributed by atoms with Gasteiger partial charge in [0.1, 0.15) is 33.0 Å². The second kappa shape index (κ2) is 11.2. The van der Waals surface area contributed by atoms with Crippen molar-refractivity contribution in [3.8, 4) is 38.4 Å². The van der Waals surface area contributed by atoms with Crippen molar-refractivity contribution in [1.29, 1.82) is 0 Å². The second-order valence-electron chi connectivity index (χ2n) is 7.36. The quantitative estimate of drug-likeness (QED) is 0.303. The topological polar surface area (TPSA) is 95.5 Å². The maximum absolute atomic E-state index is 12.4. The lowest BCUT2D eigenvalue weighted by atomic mass is 10.2. The predicted molar refractivity (Wildman–Crippen MR) is 139 cm³/mol. The molecular formula is C25H24N4O4S2. The van der Waals surface area contributed by atoms with Crippen LogP contribution in [0.5, 0.6) is 17.2 Å².